The topological polar surface area (TPSA) is 66.4 Å². The highest BCUT2D eigenvalue weighted by Crippen LogP contribution is 2.27. The zero-order valence-corrected chi connectivity index (χ0v) is 15.6. The maximum atomic E-state index is 12.7. The molecular formula is C21H24N4O2. The molecule has 1 fully saturated rings. The highest BCUT2D eigenvalue weighted by atomic mass is 16.2. The van der Waals surface area contributed by atoms with Gasteiger partial charge in [0, 0.05) is 62.8 Å². The van der Waals surface area contributed by atoms with E-state index in [0.29, 0.717) is 19.0 Å². The van der Waals surface area contributed by atoms with Crippen molar-refractivity contribution in [1.29, 1.82) is 0 Å². The van der Waals surface area contributed by atoms with E-state index < -0.39 is 0 Å². The van der Waals surface area contributed by atoms with Gasteiger partial charge in [-0.05, 0) is 25.0 Å². The fraction of sp³-hybridized carbons (Fsp3) is 0.429. The van der Waals surface area contributed by atoms with E-state index in [1.54, 1.807) is 6.92 Å². The molecule has 0 radical (unpaired) electrons. The number of aromatic nitrogens is 2. The van der Waals surface area contributed by atoms with E-state index >= 15 is 0 Å². The number of likely N-dealkylation sites (tertiary alicyclic amines) is 1. The third-order valence-corrected chi connectivity index (χ3v) is 5.57. The Kier molecular flexibility index (Phi) is 4.88. The van der Waals surface area contributed by atoms with E-state index in [9.17, 15) is 9.59 Å². The molecule has 6 heteroatoms. The average Bonchev–Trinajstić information content (AvgIpc) is 2.73. The smallest absolute Gasteiger partial charge is 0.254 e. The molecule has 6 nitrogen and oxygen atoms in total. The Hall–Kier alpha value is -2.76. The fourth-order valence-corrected chi connectivity index (χ4v) is 3.92. The minimum Gasteiger partial charge on any atom is -0.343 e. The second kappa shape index (κ2) is 7.47. The number of rotatable bonds is 2. The van der Waals surface area contributed by atoms with Crippen LogP contribution in [0.3, 0.4) is 0 Å². The van der Waals surface area contributed by atoms with Crippen molar-refractivity contribution in [1.82, 2.24) is 19.8 Å². The SMILES string of the molecule is CC(=O)N1CCC(c2ncc3c(n2)CCN(C(=O)c2ccccc2)C3)CC1. The van der Waals surface area contributed by atoms with Crippen LogP contribution in [0.25, 0.3) is 0 Å². The van der Waals surface area contributed by atoms with Crippen LogP contribution >= 0.6 is 0 Å². The van der Waals surface area contributed by atoms with Gasteiger partial charge < -0.3 is 9.80 Å². The van der Waals surface area contributed by atoms with Crippen molar-refractivity contribution in [3.63, 3.8) is 0 Å². The maximum Gasteiger partial charge on any atom is 0.254 e. The van der Waals surface area contributed by atoms with Gasteiger partial charge in [0.15, 0.2) is 0 Å². The van der Waals surface area contributed by atoms with Crippen LogP contribution in [-0.4, -0.2) is 51.2 Å². The predicted molar refractivity (Wildman–Crippen MR) is 101 cm³/mol. The minimum atomic E-state index is 0.0573. The molecule has 2 aliphatic rings. The lowest BCUT2D eigenvalue weighted by atomic mass is 9.95. The van der Waals surface area contributed by atoms with Crippen LogP contribution in [0.1, 0.15) is 53.1 Å². The number of nitrogens with zero attached hydrogens (tertiary/aromatic N) is 4. The van der Waals surface area contributed by atoms with Crippen LogP contribution in [0.2, 0.25) is 0 Å². The summed E-state index contributed by atoms with van der Waals surface area (Å²) in [7, 11) is 0. The fourth-order valence-electron chi connectivity index (χ4n) is 3.92. The standard InChI is InChI=1S/C21H24N4O2/c1-15(26)24-10-7-16(8-11-24)20-22-13-18-14-25(12-9-19(18)23-20)21(27)17-5-3-2-4-6-17/h2-6,13,16H,7-12,14H2,1H3. The third kappa shape index (κ3) is 3.70. The Morgan fingerprint density at radius 3 is 2.48 bits per heavy atom. The minimum absolute atomic E-state index is 0.0573. The molecule has 4 rings (SSSR count). The molecule has 1 aromatic carbocycles. The Labute approximate surface area is 159 Å². The van der Waals surface area contributed by atoms with Crippen molar-refractivity contribution in [2.75, 3.05) is 19.6 Å². The van der Waals surface area contributed by atoms with E-state index in [2.05, 4.69) is 4.98 Å². The van der Waals surface area contributed by atoms with Crippen molar-refractivity contribution in [2.24, 2.45) is 0 Å². The quantitative estimate of drug-likeness (QED) is 0.821. The summed E-state index contributed by atoms with van der Waals surface area (Å²) in [6.07, 6.45) is 4.48. The first kappa shape index (κ1) is 17.6. The Balaban J connectivity index is 1.44. The van der Waals surface area contributed by atoms with Gasteiger partial charge in [-0.1, -0.05) is 18.2 Å². The molecule has 140 valence electrons. The van der Waals surface area contributed by atoms with Crippen LogP contribution in [-0.2, 0) is 17.8 Å². The van der Waals surface area contributed by atoms with E-state index in [1.807, 2.05) is 46.3 Å². The zero-order chi connectivity index (χ0) is 18.8. The second-order valence-electron chi connectivity index (χ2n) is 7.32. The number of amides is 2. The molecule has 0 unspecified atom stereocenters. The lowest BCUT2D eigenvalue weighted by Crippen LogP contribution is -2.38. The van der Waals surface area contributed by atoms with Crippen LogP contribution in [0.4, 0.5) is 0 Å². The second-order valence-corrected chi connectivity index (χ2v) is 7.32. The van der Waals surface area contributed by atoms with Crippen molar-refractivity contribution in [2.45, 2.75) is 38.6 Å². The average molecular weight is 364 g/mol. The zero-order valence-electron chi connectivity index (χ0n) is 15.6. The molecule has 2 aliphatic heterocycles. The number of piperidine rings is 1. The summed E-state index contributed by atoms with van der Waals surface area (Å²) in [5.74, 6) is 1.40. The van der Waals surface area contributed by atoms with Crippen LogP contribution in [0.5, 0.6) is 0 Å². The summed E-state index contributed by atoms with van der Waals surface area (Å²) in [6.45, 7) is 4.42. The first-order valence-electron chi connectivity index (χ1n) is 9.56. The summed E-state index contributed by atoms with van der Waals surface area (Å²) in [4.78, 5) is 37.3. The normalized spacial score (nSPS) is 17.5. The molecule has 0 N–H and O–H groups in total. The molecule has 1 saturated heterocycles. The maximum absolute atomic E-state index is 12.7. The van der Waals surface area contributed by atoms with Crippen LogP contribution in [0, 0.1) is 0 Å². The van der Waals surface area contributed by atoms with Gasteiger partial charge in [-0.25, -0.2) is 9.97 Å². The van der Waals surface area contributed by atoms with Crippen LogP contribution < -0.4 is 0 Å². The molecule has 1 aromatic heterocycles. The summed E-state index contributed by atoms with van der Waals surface area (Å²) in [5.41, 5.74) is 2.82. The van der Waals surface area contributed by atoms with Crippen molar-refractivity contribution < 1.29 is 9.59 Å². The largest absolute Gasteiger partial charge is 0.343 e. The van der Waals surface area contributed by atoms with Gasteiger partial charge in [-0.15, -0.1) is 0 Å². The van der Waals surface area contributed by atoms with Gasteiger partial charge in [-0.2, -0.15) is 0 Å². The summed E-state index contributed by atoms with van der Waals surface area (Å²) >= 11 is 0. The number of benzene rings is 1. The summed E-state index contributed by atoms with van der Waals surface area (Å²) in [6, 6.07) is 9.39. The highest BCUT2D eigenvalue weighted by molar-refractivity contribution is 5.94. The Morgan fingerprint density at radius 1 is 1.04 bits per heavy atom. The van der Waals surface area contributed by atoms with Gasteiger partial charge in [0.2, 0.25) is 5.91 Å². The number of fused-ring (bicyclic) bond motifs is 1. The molecule has 0 spiro atoms. The molecular weight excluding hydrogens is 340 g/mol. The van der Waals surface area contributed by atoms with E-state index in [0.717, 1.165) is 55.0 Å². The molecule has 2 aromatic rings. The number of hydrogen-bond donors (Lipinski definition) is 0. The number of carbonyl (C=O) groups is 2. The molecule has 27 heavy (non-hydrogen) atoms. The molecule has 0 atom stereocenters. The molecule has 2 amide bonds. The molecule has 0 bridgehead atoms. The Bertz CT molecular complexity index is 845. The predicted octanol–water partition coefficient (Wildman–Crippen LogP) is 2.40. The highest BCUT2D eigenvalue weighted by Gasteiger charge is 2.27. The molecule has 3 heterocycles. The van der Waals surface area contributed by atoms with E-state index in [4.69, 9.17) is 4.98 Å². The van der Waals surface area contributed by atoms with Gasteiger partial charge in [0.05, 0.1) is 5.69 Å². The van der Waals surface area contributed by atoms with E-state index in [-0.39, 0.29) is 11.8 Å². The third-order valence-electron chi connectivity index (χ3n) is 5.57. The monoisotopic (exact) mass is 364 g/mol. The number of hydrogen-bond acceptors (Lipinski definition) is 4. The van der Waals surface area contributed by atoms with Crippen molar-refractivity contribution in [3.05, 3.63) is 59.2 Å². The number of carbonyl (C=O) groups excluding carboxylic acids is 2. The molecule has 0 aliphatic carbocycles. The first-order chi connectivity index (χ1) is 13.1. The van der Waals surface area contributed by atoms with Crippen LogP contribution in [0.15, 0.2) is 36.5 Å². The van der Waals surface area contributed by atoms with Gasteiger partial charge >= 0.3 is 0 Å². The summed E-state index contributed by atoms with van der Waals surface area (Å²) in [5, 5.41) is 0. The van der Waals surface area contributed by atoms with Gasteiger partial charge in [0.25, 0.3) is 5.91 Å². The summed E-state index contributed by atoms with van der Waals surface area (Å²) < 4.78 is 0. The Morgan fingerprint density at radius 2 is 1.78 bits per heavy atom. The van der Waals surface area contributed by atoms with Crippen molar-refractivity contribution >= 4 is 11.8 Å². The lowest BCUT2D eigenvalue weighted by Gasteiger charge is -2.32. The van der Waals surface area contributed by atoms with Crippen molar-refractivity contribution in [3.8, 4) is 0 Å². The first-order valence-corrected chi connectivity index (χ1v) is 9.56. The van der Waals surface area contributed by atoms with Gasteiger partial charge in [-0.3, -0.25) is 9.59 Å². The lowest BCUT2D eigenvalue weighted by molar-refractivity contribution is -0.129. The van der Waals surface area contributed by atoms with E-state index in [1.165, 1.54) is 0 Å². The van der Waals surface area contributed by atoms with Gasteiger partial charge in [0.1, 0.15) is 5.82 Å². The molecule has 0 saturated carbocycles.